The highest BCUT2D eigenvalue weighted by Gasteiger charge is 2.04. The first-order valence-corrected chi connectivity index (χ1v) is 8.26. The molecule has 4 nitrogen and oxygen atoms in total. The minimum Gasteiger partial charge on any atom is -0.497 e. The number of nitrogens with zero attached hydrogens (tertiary/aromatic N) is 2. The predicted octanol–water partition coefficient (Wildman–Crippen LogP) is 4.66. The zero-order valence-electron chi connectivity index (χ0n) is 14.1. The van der Waals surface area contributed by atoms with Gasteiger partial charge in [-0.3, -0.25) is 0 Å². The standard InChI is InChI=1S/C20H19N3OS/c1-13-11-17(24-2)8-9-18(13)23-20(25)15-5-3-14(4-6-15)16-7-10-19(21)22-12-16/h3-12H,1-2H3,(H2,21,22)(H,23,25). The number of nitrogens with two attached hydrogens (primary N) is 1. The Bertz CT molecular complexity index is 903. The maximum atomic E-state index is 5.63. The third-order valence-electron chi connectivity index (χ3n) is 3.89. The van der Waals surface area contributed by atoms with Crippen LogP contribution in [0.1, 0.15) is 11.1 Å². The number of ether oxygens (including phenoxy) is 1. The third-order valence-corrected chi connectivity index (χ3v) is 4.25. The Hall–Kier alpha value is -2.79. The Morgan fingerprint density at radius 3 is 2.36 bits per heavy atom. The first-order chi connectivity index (χ1) is 12.1. The van der Waals surface area contributed by atoms with Crippen molar-refractivity contribution in [3.8, 4) is 16.9 Å². The van der Waals surface area contributed by atoms with Crippen molar-refractivity contribution >= 4 is 29.2 Å². The molecule has 3 aromatic rings. The molecule has 0 fully saturated rings. The van der Waals surface area contributed by atoms with Crippen LogP contribution < -0.4 is 10.5 Å². The molecule has 0 aliphatic carbocycles. The van der Waals surface area contributed by atoms with Crippen molar-refractivity contribution in [1.82, 2.24) is 4.98 Å². The molecule has 126 valence electrons. The number of aromatic nitrogens is 1. The van der Waals surface area contributed by atoms with Gasteiger partial charge in [0.25, 0.3) is 0 Å². The van der Waals surface area contributed by atoms with Gasteiger partial charge >= 0.3 is 0 Å². The fraction of sp³-hybridized carbons (Fsp3) is 0.100. The predicted molar refractivity (Wildman–Crippen MR) is 107 cm³/mol. The number of hydrogen-bond donors (Lipinski definition) is 2. The average molecular weight is 349 g/mol. The number of methoxy groups -OCH3 is 1. The number of anilines is 1. The summed E-state index contributed by atoms with van der Waals surface area (Å²) in [6.07, 6.45) is 1.76. The van der Waals surface area contributed by atoms with E-state index < -0.39 is 0 Å². The van der Waals surface area contributed by atoms with Gasteiger partial charge in [-0.1, -0.05) is 24.3 Å². The summed E-state index contributed by atoms with van der Waals surface area (Å²) in [6, 6.07) is 17.6. The van der Waals surface area contributed by atoms with Gasteiger partial charge in [-0.05, 0) is 48.4 Å². The molecule has 0 radical (unpaired) electrons. The number of rotatable bonds is 4. The summed E-state index contributed by atoms with van der Waals surface area (Å²) in [7, 11) is 1.65. The van der Waals surface area contributed by atoms with Crippen molar-refractivity contribution in [3.63, 3.8) is 0 Å². The van der Waals surface area contributed by atoms with E-state index >= 15 is 0 Å². The van der Waals surface area contributed by atoms with E-state index in [0.717, 1.165) is 33.7 Å². The molecule has 25 heavy (non-hydrogen) atoms. The molecule has 0 saturated carbocycles. The van der Waals surface area contributed by atoms with E-state index in [1.807, 2.05) is 55.5 Å². The van der Waals surface area contributed by atoms with Gasteiger partial charge in [0.15, 0.2) is 0 Å². The second-order valence-electron chi connectivity index (χ2n) is 5.64. The molecule has 1 aromatic heterocycles. The Morgan fingerprint density at radius 1 is 1.04 bits per heavy atom. The van der Waals surface area contributed by atoms with Crippen LogP contribution in [0.2, 0.25) is 0 Å². The number of thiol groups is 1. The Morgan fingerprint density at radius 2 is 1.76 bits per heavy atom. The Kier molecular flexibility index (Phi) is 5.05. The fourth-order valence-corrected chi connectivity index (χ4v) is 2.70. The van der Waals surface area contributed by atoms with Gasteiger partial charge in [-0.2, -0.15) is 0 Å². The molecule has 0 amide bonds. The topological polar surface area (TPSA) is 60.5 Å². The van der Waals surface area contributed by atoms with Crippen molar-refractivity contribution < 1.29 is 4.74 Å². The van der Waals surface area contributed by atoms with Crippen molar-refractivity contribution in [2.75, 3.05) is 12.8 Å². The largest absolute Gasteiger partial charge is 0.497 e. The van der Waals surface area contributed by atoms with E-state index in [2.05, 4.69) is 22.6 Å². The molecule has 0 spiro atoms. The lowest BCUT2D eigenvalue weighted by Gasteiger charge is -2.07. The van der Waals surface area contributed by atoms with Crippen LogP contribution in [0.4, 0.5) is 11.5 Å². The zero-order valence-corrected chi connectivity index (χ0v) is 15.0. The Labute approximate surface area is 152 Å². The molecular formula is C20H19N3OS. The van der Waals surface area contributed by atoms with Crippen LogP contribution in [-0.2, 0) is 0 Å². The van der Waals surface area contributed by atoms with E-state index in [9.17, 15) is 0 Å². The van der Waals surface area contributed by atoms with Gasteiger partial charge in [0.1, 0.15) is 16.6 Å². The lowest BCUT2D eigenvalue weighted by molar-refractivity contribution is 0.414. The highest BCUT2D eigenvalue weighted by Crippen LogP contribution is 2.26. The molecule has 3 rings (SSSR count). The smallest absolute Gasteiger partial charge is 0.123 e. The van der Waals surface area contributed by atoms with Crippen LogP contribution in [0.25, 0.3) is 11.1 Å². The molecule has 0 aliphatic heterocycles. The van der Waals surface area contributed by atoms with Crippen molar-refractivity contribution in [2.24, 2.45) is 4.99 Å². The maximum Gasteiger partial charge on any atom is 0.123 e. The van der Waals surface area contributed by atoms with Gasteiger partial charge in [0, 0.05) is 17.3 Å². The average Bonchev–Trinajstić information content (AvgIpc) is 2.64. The minimum atomic E-state index is 0.514. The molecule has 5 heteroatoms. The summed E-state index contributed by atoms with van der Waals surface area (Å²) in [6.45, 7) is 2.00. The Balaban J connectivity index is 1.85. The lowest BCUT2D eigenvalue weighted by atomic mass is 10.1. The minimum absolute atomic E-state index is 0.514. The summed E-state index contributed by atoms with van der Waals surface area (Å²) in [4.78, 5) is 8.74. The second kappa shape index (κ2) is 7.40. The van der Waals surface area contributed by atoms with Crippen LogP contribution >= 0.6 is 12.6 Å². The number of hydrogen-bond acceptors (Lipinski definition) is 4. The highest BCUT2D eigenvalue weighted by molar-refractivity contribution is 7.97. The molecule has 0 atom stereocenters. The van der Waals surface area contributed by atoms with Gasteiger partial charge < -0.3 is 10.5 Å². The molecule has 2 aromatic carbocycles. The van der Waals surface area contributed by atoms with Crippen molar-refractivity contribution in [3.05, 3.63) is 71.9 Å². The molecule has 1 heterocycles. The normalized spacial score (nSPS) is 11.4. The number of nitrogen functional groups attached to an aromatic ring is 1. The van der Waals surface area contributed by atoms with Gasteiger partial charge in [-0.15, -0.1) is 12.6 Å². The quantitative estimate of drug-likeness (QED) is 0.409. The lowest BCUT2D eigenvalue weighted by Crippen LogP contribution is -1.92. The van der Waals surface area contributed by atoms with E-state index in [1.165, 1.54) is 0 Å². The molecule has 0 aliphatic rings. The van der Waals surface area contributed by atoms with Crippen LogP contribution in [0.5, 0.6) is 5.75 Å². The monoisotopic (exact) mass is 349 g/mol. The molecular weight excluding hydrogens is 330 g/mol. The summed E-state index contributed by atoms with van der Waals surface area (Å²) in [5, 5.41) is 0.662. The van der Waals surface area contributed by atoms with Gasteiger partial charge in [-0.25, -0.2) is 9.98 Å². The highest BCUT2D eigenvalue weighted by atomic mass is 32.1. The second-order valence-corrected chi connectivity index (χ2v) is 6.06. The first-order valence-electron chi connectivity index (χ1n) is 7.81. The fourth-order valence-electron chi connectivity index (χ4n) is 2.45. The van der Waals surface area contributed by atoms with E-state index in [0.29, 0.717) is 10.9 Å². The number of aliphatic imine (C=N–C) groups is 1. The zero-order chi connectivity index (χ0) is 17.8. The van der Waals surface area contributed by atoms with Crippen LogP contribution in [-0.4, -0.2) is 17.1 Å². The number of benzene rings is 2. The first kappa shape index (κ1) is 17.0. The van der Waals surface area contributed by atoms with Crippen LogP contribution in [0.15, 0.2) is 65.8 Å². The molecule has 0 saturated heterocycles. The molecule has 0 unspecified atom stereocenters. The van der Waals surface area contributed by atoms with Gasteiger partial charge in [0.2, 0.25) is 0 Å². The van der Waals surface area contributed by atoms with Crippen LogP contribution in [0.3, 0.4) is 0 Å². The number of pyridine rings is 1. The molecule has 0 bridgehead atoms. The summed E-state index contributed by atoms with van der Waals surface area (Å²) in [5.74, 6) is 1.33. The summed E-state index contributed by atoms with van der Waals surface area (Å²) >= 11 is 4.55. The number of aryl methyl sites for hydroxylation is 1. The van der Waals surface area contributed by atoms with Crippen molar-refractivity contribution in [1.29, 1.82) is 0 Å². The third kappa shape index (κ3) is 4.00. The summed E-state index contributed by atoms with van der Waals surface area (Å²) < 4.78 is 5.22. The van der Waals surface area contributed by atoms with Crippen molar-refractivity contribution in [2.45, 2.75) is 6.92 Å². The van der Waals surface area contributed by atoms with E-state index in [1.54, 1.807) is 19.4 Å². The maximum absolute atomic E-state index is 5.63. The SMILES string of the molecule is COc1ccc(/N=C(\S)c2ccc(-c3ccc(N)nc3)cc2)c(C)c1. The van der Waals surface area contributed by atoms with Gasteiger partial charge in [0.05, 0.1) is 12.8 Å². The van der Waals surface area contributed by atoms with E-state index in [4.69, 9.17) is 10.5 Å². The van der Waals surface area contributed by atoms with E-state index in [-0.39, 0.29) is 0 Å². The molecule has 2 N–H and O–H groups in total. The summed E-state index contributed by atoms with van der Waals surface area (Å²) in [5.41, 5.74) is 10.6. The van der Waals surface area contributed by atoms with Crippen LogP contribution in [0, 0.1) is 6.92 Å².